The quantitative estimate of drug-likeness (QED) is 0.753. The van der Waals surface area contributed by atoms with Crippen molar-refractivity contribution >= 4 is 17.4 Å². The van der Waals surface area contributed by atoms with Crippen molar-refractivity contribution in [2.45, 2.75) is 38.5 Å². The van der Waals surface area contributed by atoms with Gasteiger partial charge < -0.3 is 15.7 Å². The Morgan fingerprint density at radius 2 is 2.25 bits per heavy atom. The van der Waals surface area contributed by atoms with Gasteiger partial charge in [-0.3, -0.25) is 0 Å². The number of aliphatic hydroxyl groups excluding tert-OH is 1. The summed E-state index contributed by atoms with van der Waals surface area (Å²) in [5.41, 5.74) is -0.948. The number of thiazole rings is 1. The first-order valence-electron chi connectivity index (χ1n) is 5.99. The predicted octanol–water partition coefficient (Wildman–Crippen LogP) is 2.12. The molecular formula is C11H16F3N3O2S. The molecular weight excluding hydrogens is 295 g/mol. The molecule has 1 aromatic heterocycles. The fraction of sp³-hybridized carbons (Fsp3) is 0.636. The van der Waals surface area contributed by atoms with Gasteiger partial charge in [-0.1, -0.05) is 0 Å². The van der Waals surface area contributed by atoms with Crippen molar-refractivity contribution in [1.29, 1.82) is 0 Å². The summed E-state index contributed by atoms with van der Waals surface area (Å²) in [6.45, 7) is 1.77. The number of halogens is 3. The minimum atomic E-state index is -4.46. The fourth-order valence-corrected chi connectivity index (χ4v) is 2.16. The van der Waals surface area contributed by atoms with Crippen molar-refractivity contribution in [1.82, 2.24) is 15.6 Å². The second-order valence-electron chi connectivity index (χ2n) is 4.22. The van der Waals surface area contributed by atoms with Gasteiger partial charge in [0.15, 0.2) is 5.69 Å². The van der Waals surface area contributed by atoms with Crippen LogP contribution in [0.1, 0.15) is 30.5 Å². The molecule has 0 spiro atoms. The van der Waals surface area contributed by atoms with Crippen LogP contribution in [0.15, 0.2) is 5.38 Å². The molecule has 2 amide bonds. The molecule has 0 bridgehead atoms. The van der Waals surface area contributed by atoms with Crippen LogP contribution in [0.4, 0.5) is 18.0 Å². The van der Waals surface area contributed by atoms with Gasteiger partial charge in [0.05, 0.1) is 6.54 Å². The number of nitrogens with one attached hydrogen (secondary N) is 2. The normalized spacial score (nSPS) is 13.1. The molecule has 0 aliphatic heterocycles. The predicted molar refractivity (Wildman–Crippen MR) is 68.3 cm³/mol. The van der Waals surface area contributed by atoms with Crippen LogP contribution in [0.25, 0.3) is 0 Å². The van der Waals surface area contributed by atoms with Crippen LogP contribution in [-0.4, -0.2) is 28.8 Å². The molecule has 1 unspecified atom stereocenters. The summed E-state index contributed by atoms with van der Waals surface area (Å²) in [4.78, 5) is 14.9. The number of amides is 2. The lowest BCUT2D eigenvalue weighted by Crippen LogP contribution is -2.40. The van der Waals surface area contributed by atoms with Gasteiger partial charge in [-0.2, -0.15) is 13.2 Å². The molecule has 114 valence electrons. The van der Waals surface area contributed by atoms with E-state index in [-0.39, 0.29) is 24.2 Å². The van der Waals surface area contributed by atoms with E-state index in [0.717, 1.165) is 16.7 Å². The highest BCUT2D eigenvalue weighted by atomic mass is 32.1. The molecule has 0 fully saturated rings. The second kappa shape index (κ2) is 7.44. The van der Waals surface area contributed by atoms with Gasteiger partial charge in [-0.05, 0) is 19.8 Å². The number of alkyl halides is 3. The molecule has 1 rings (SSSR count). The molecule has 3 N–H and O–H groups in total. The number of aromatic nitrogens is 1. The highest BCUT2D eigenvalue weighted by molar-refractivity contribution is 7.09. The molecule has 0 radical (unpaired) electrons. The van der Waals surface area contributed by atoms with Crippen LogP contribution in [0.3, 0.4) is 0 Å². The second-order valence-corrected chi connectivity index (χ2v) is 5.16. The van der Waals surface area contributed by atoms with Gasteiger partial charge in [-0.15, -0.1) is 11.3 Å². The number of rotatable bonds is 6. The third kappa shape index (κ3) is 5.74. The van der Waals surface area contributed by atoms with E-state index in [1.54, 1.807) is 6.92 Å². The Kier molecular flexibility index (Phi) is 6.21. The summed E-state index contributed by atoms with van der Waals surface area (Å²) in [6, 6.07) is -0.594. The Morgan fingerprint density at radius 1 is 1.55 bits per heavy atom. The zero-order valence-electron chi connectivity index (χ0n) is 10.8. The molecule has 0 saturated carbocycles. The molecule has 0 aromatic carbocycles. The first kappa shape index (κ1) is 16.7. The summed E-state index contributed by atoms with van der Waals surface area (Å²) in [7, 11) is 0. The summed E-state index contributed by atoms with van der Waals surface area (Å²) in [5, 5.41) is 14.8. The van der Waals surface area contributed by atoms with Gasteiger partial charge in [0, 0.05) is 18.0 Å². The number of hydrogen-bond acceptors (Lipinski definition) is 4. The molecule has 5 nitrogen and oxygen atoms in total. The monoisotopic (exact) mass is 311 g/mol. The van der Waals surface area contributed by atoms with E-state index in [1.165, 1.54) is 0 Å². The topological polar surface area (TPSA) is 74.2 Å². The summed E-state index contributed by atoms with van der Waals surface area (Å²) < 4.78 is 36.9. The average molecular weight is 311 g/mol. The molecule has 9 heteroatoms. The molecule has 1 aromatic rings. The standard InChI is InChI=1S/C11H16F3N3O2S/c1-7(3-2-4-18)16-10(19)15-5-9-17-8(6-20-9)11(12,13)14/h6-7,18H,2-5H2,1H3,(H2,15,16,19). The molecule has 0 saturated heterocycles. The fourth-order valence-electron chi connectivity index (χ4n) is 1.42. The molecule has 20 heavy (non-hydrogen) atoms. The maximum atomic E-state index is 12.3. The Bertz CT molecular complexity index is 437. The van der Waals surface area contributed by atoms with Crippen LogP contribution in [0.5, 0.6) is 0 Å². The molecule has 1 atom stereocenters. The molecule has 0 aliphatic carbocycles. The van der Waals surface area contributed by atoms with Gasteiger partial charge in [0.2, 0.25) is 0 Å². The maximum absolute atomic E-state index is 12.3. The lowest BCUT2D eigenvalue weighted by atomic mass is 10.2. The minimum Gasteiger partial charge on any atom is -0.396 e. The number of nitrogens with zero attached hydrogens (tertiary/aromatic N) is 1. The number of carbonyl (C=O) groups excluding carboxylic acids is 1. The lowest BCUT2D eigenvalue weighted by molar-refractivity contribution is -0.140. The van der Waals surface area contributed by atoms with Crippen molar-refractivity contribution < 1.29 is 23.1 Å². The van der Waals surface area contributed by atoms with E-state index in [9.17, 15) is 18.0 Å². The third-order valence-corrected chi connectivity index (χ3v) is 3.26. The van der Waals surface area contributed by atoms with Crippen molar-refractivity contribution in [3.63, 3.8) is 0 Å². The lowest BCUT2D eigenvalue weighted by Gasteiger charge is -2.13. The highest BCUT2D eigenvalue weighted by Gasteiger charge is 2.33. The van der Waals surface area contributed by atoms with Crippen LogP contribution in [0.2, 0.25) is 0 Å². The Labute approximate surface area is 118 Å². The Morgan fingerprint density at radius 3 is 2.80 bits per heavy atom. The van der Waals surface area contributed by atoms with Crippen LogP contribution in [0, 0.1) is 0 Å². The average Bonchev–Trinajstić information content (AvgIpc) is 2.82. The van der Waals surface area contributed by atoms with E-state index in [1.807, 2.05) is 0 Å². The Hall–Kier alpha value is -1.35. The number of urea groups is 1. The SMILES string of the molecule is CC(CCCO)NC(=O)NCc1nc(C(F)(F)F)cs1. The van der Waals surface area contributed by atoms with Crippen molar-refractivity contribution in [3.05, 3.63) is 16.1 Å². The summed E-state index contributed by atoms with van der Waals surface area (Å²) >= 11 is 0.845. The van der Waals surface area contributed by atoms with Crippen LogP contribution in [-0.2, 0) is 12.7 Å². The summed E-state index contributed by atoms with van der Waals surface area (Å²) in [5.74, 6) is 0. The number of hydrogen-bond donors (Lipinski definition) is 3. The van der Waals surface area contributed by atoms with Crippen LogP contribution >= 0.6 is 11.3 Å². The highest BCUT2D eigenvalue weighted by Crippen LogP contribution is 2.29. The van der Waals surface area contributed by atoms with Gasteiger partial charge in [-0.25, -0.2) is 9.78 Å². The largest absolute Gasteiger partial charge is 0.434 e. The first-order valence-corrected chi connectivity index (χ1v) is 6.87. The van der Waals surface area contributed by atoms with E-state index in [0.29, 0.717) is 12.8 Å². The van der Waals surface area contributed by atoms with E-state index in [2.05, 4.69) is 15.6 Å². The number of carbonyl (C=O) groups is 1. The van der Waals surface area contributed by atoms with Gasteiger partial charge >= 0.3 is 12.2 Å². The smallest absolute Gasteiger partial charge is 0.396 e. The minimum absolute atomic E-state index is 0.0486. The van der Waals surface area contributed by atoms with Crippen molar-refractivity contribution in [2.75, 3.05) is 6.61 Å². The number of aliphatic hydroxyl groups is 1. The third-order valence-electron chi connectivity index (χ3n) is 2.42. The maximum Gasteiger partial charge on any atom is 0.434 e. The Balaban J connectivity index is 2.36. The first-order chi connectivity index (χ1) is 9.32. The van der Waals surface area contributed by atoms with Crippen molar-refractivity contribution in [2.24, 2.45) is 0 Å². The van der Waals surface area contributed by atoms with E-state index in [4.69, 9.17) is 5.11 Å². The van der Waals surface area contributed by atoms with Crippen LogP contribution < -0.4 is 10.6 Å². The van der Waals surface area contributed by atoms with E-state index >= 15 is 0 Å². The van der Waals surface area contributed by atoms with Gasteiger partial charge in [0.1, 0.15) is 5.01 Å². The summed E-state index contributed by atoms with van der Waals surface area (Å²) in [6.07, 6.45) is -3.27. The van der Waals surface area contributed by atoms with Gasteiger partial charge in [0.25, 0.3) is 0 Å². The van der Waals surface area contributed by atoms with E-state index < -0.39 is 17.9 Å². The van der Waals surface area contributed by atoms with Crippen molar-refractivity contribution in [3.8, 4) is 0 Å². The molecule has 0 aliphatic rings. The zero-order chi connectivity index (χ0) is 15.2. The molecule has 1 heterocycles. The zero-order valence-corrected chi connectivity index (χ0v) is 11.6.